The van der Waals surface area contributed by atoms with Crippen molar-refractivity contribution in [3.05, 3.63) is 57.3 Å². The molecule has 2 aromatic rings. The predicted molar refractivity (Wildman–Crippen MR) is 82.3 cm³/mol. The van der Waals surface area contributed by atoms with Crippen LogP contribution in [0.2, 0.25) is 0 Å². The van der Waals surface area contributed by atoms with Crippen molar-refractivity contribution >= 4 is 15.9 Å². The van der Waals surface area contributed by atoms with Crippen LogP contribution in [0, 0.1) is 5.82 Å². The van der Waals surface area contributed by atoms with Gasteiger partial charge in [0.25, 0.3) is 0 Å². The SMILES string of the molecule is COc1cc(C(N)c2cc(Br)cc3c2OCC3)ccc1F. The molecule has 1 atom stereocenters. The van der Waals surface area contributed by atoms with E-state index < -0.39 is 11.9 Å². The summed E-state index contributed by atoms with van der Waals surface area (Å²) < 4.78 is 25.2. The van der Waals surface area contributed by atoms with Crippen molar-refractivity contribution in [1.82, 2.24) is 0 Å². The number of nitrogens with two attached hydrogens (primary N) is 1. The Morgan fingerprint density at radius 2 is 2.14 bits per heavy atom. The third-order valence-corrected chi connectivity index (χ3v) is 4.10. The van der Waals surface area contributed by atoms with Crippen molar-refractivity contribution in [3.63, 3.8) is 0 Å². The highest BCUT2D eigenvalue weighted by atomic mass is 79.9. The van der Waals surface area contributed by atoms with Crippen LogP contribution in [-0.4, -0.2) is 13.7 Å². The van der Waals surface area contributed by atoms with Crippen LogP contribution in [-0.2, 0) is 6.42 Å². The summed E-state index contributed by atoms with van der Waals surface area (Å²) in [6.45, 7) is 0.665. The second-order valence-corrected chi connectivity index (χ2v) is 5.87. The first kappa shape index (κ1) is 14.4. The number of ether oxygens (including phenoxy) is 2. The Bertz CT molecular complexity index is 690. The van der Waals surface area contributed by atoms with Gasteiger partial charge in [0, 0.05) is 16.5 Å². The number of methoxy groups -OCH3 is 1. The van der Waals surface area contributed by atoms with Gasteiger partial charge in [-0.25, -0.2) is 4.39 Å². The van der Waals surface area contributed by atoms with Gasteiger partial charge in [0.05, 0.1) is 19.8 Å². The van der Waals surface area contributed by atoms with E-state index >= 15 is 0 Å². The predicted octanol–water partition coefficient (Wildman–Crippen LogP) is 3.58. The van der Waals surface area contributed by atoms with Crippen LogP contribution in [0.3, 0.4) is 0 Å². The molecule has 0 aliphatic carbocycles. The summed E-state index contributed by atoms with van der Waals surface area (Å²) in [7, 11) is 1.44. The molecule has 1 aliphatic heterocycles. The average Bonchev–Trinajstić information content (AvgIpc) is 2.94. The van der Waals surface area contributed by atoms with Crippen LogP contribution in [0.5, 0.6) is 11.5 Å². The van der Waals surface area contributed by atoms with Gasteiger partial charge in [-0.15, -0.1) is 0 Å². The summed E-state index contributed by atoms with van der Waals surface area (Å²) in [4.78, 5) is 0. The van der Waals surface area contributed by atoms with Gasteiger partial charge in [0.15, 0.2) is 11.6 Å². The summed E-state index contributed by atoms with van der Waals surface area (Å²) in [5.41, 5.74) is 9.17. The number of hydrogen-bond donors (Lipinski definition) is 1. The zero-order valence-electron chi connectivity index (χ0n) is 11.5. The van der Waals surface area contributed by atoms with Gasteiger partial charge in [0.1, 0.15) is 5.75 Å². The van der Waals surface area contributed by atoms with Crippen molar-refractivity contribution in [1.29, 1.82) is 0 Å². The van der Waals surface area contributed by atoms with E-state index in [1.165, 1.54) is 13.2 Å². The first-order chi connectivity index (χ1) is 10.1. The molecule has 0 fully saturated rings. The molecule has 21 heavy (non-hydrogen) atoms. The molecule has 110 valence electrons. The number of halogens is 2. The zero-order valence-corrected chi connectivity index (χ0v) is 13.1. The highest BCUT2D eigenvalue weighted by molar-refractivity contribution is 9.10. The molecular weight excluding hydrogens is 337 g/mol. The lowest BCUT2D eigenvalue weighted by molar-refractivity contribution is 0.352. The van der Waals surface area contributed by atoms with Gasteiger partial charge in [-0.3, -0.25) is 0 Å². The summed E-state index contributed by atoms with van der Waals surface area (Å²) in [5.74, 6) is 0.633. The van der Waals surface area contributed by atoms with Crippen molar-refractivity contribution in [2.45, 2.75) is 12.5 Å². The molecule has 0 aromatic heterocycles. The molecular formula is C16H15BrFNO2. The molecule has 0 saturated heterocycles. The van der Waals surface area contributed by atoms with Gasteiger partial charge in [-0.1, -0.05) is 22.0 Å². The lowest BCUT2D eigenvalue weighted by atomic mass is 9.96. The minimum Gasteiger partial charge on any atom is -0.494 e. The molecule has 0 saturated carbocycles. The van der Waals surface area contributed by atoms with Crippen LogP contribution >= 0.6 is 15.9 Å². The molecule has 3 nitrogen and oxygen atoms in total. The molecule has 1 aliphatic rings. The minimum absolute atomic E-state index is 0.190. The summed E-state index contributed by atoms with van der Waals surface area (Å²) in [6.07, 6.45) is 0.876. The zero-order chi connectivity index (χ0) is 15.0. The Labute approximate surface area is 131 Å². The van der Waals surface area contributed by atoms with Crippen molar-refractivity contribution < 1.29 is 13.9 Å². The molecule has 2 N–H and O–H groups in total. The Kier molecular flexibility index (Phi) is 3.87. The molecule has 1 unspecified atom stereocenters. The average molecular weight is 352 g/mol. The highest BCUT2D eigenvalue weighted by Gasteiger charge is 2.23. The summed E-state index contributed by atoms with van der Waals surface area (Å²) in [6, 6.07) is 8.26. The standard InChI is InChI=1S/C16H15BrFNO2/c1-20-14-7-9(2-3-13(14)18)15(19)12-8-11(17)6-10-4-5-21-16(10)12/h2-3,6-8,15H,4-5,19H2,1H3. The van der Waals surface area contributed by atoms with Crippen molar-refractivity contribution in [2.24, 2.45) is 5.73 Å². The Morgan fingerprint density at radius 1 is 1.33 bits per heavy atom. The third kappa shape index (κ3) is 2.63. The lowest BCUT2D eigenvalue weighted by Gasteiger charge is -2.17. The number of hydrogen-bond acceptors (Lipinski definition) is 3. The second-order valence-electron chi connectivity index (χ2n) is 4.95. The fourth-order valence-electron chi connectivity index (χ4n) is 2.58. The van der Waals surface area contributed by atoms with E-state index in [0.717, 1.165) is 33.3 Å². The van der Waals surface area contributed by atoms with Crippen LogP contribution < -0.4 is 15.2 Å². The van der Waals surface area contributed by atoms with E-state index in [2.05, 4.69) is 15.9 Å². The van der Waals surface area contributed by atoms with Gasteiger partial charge < -0.3 is 15.2 Å². The smallest absolute Gasteiger partial charge is 0.165 e. The molecule has 0 spiro atoms. The van der Waals surface area contributed by atoms with E-state index in [1.54, 1.807) is 12.1 Å². The fraction of sp³-hybridized carbons (Fsp3) is 0.250. The molecule has 0 bridgehead atoms. The normalized spacial score (nSPS) is 14.5. The Morgan fingerprint density at radius 3 is 2.90 bits per heavy atom. The van der Waals surface area contributed by atoms with Crippen LogP contribution in [0.1, 0.15) is 22.7 Å². The number of rotatable bonds is 3. The van der Waals surface area contributed by atoms with Gasteiger partial charge in [0.2, 0.25) is 0 Å². The highest BCUT2D eigenvalue weighted by Crippen LogP contribution is 2.38. The minimum atomic E-state index is -0.399. The summed E-state index contributed by atoms with van der Waals surface area (Å²) in [5, 5.41) is 0. The maximum Gasteiger partial charge on any atom is 0.165 e. The first-order valence-corrected chi connectivity index (χ1v) is 7.43. The number of fused-ring (bicyclic) bond motifs is 1. The second kappa shape index (κ2) is 5.66. The maximum atomic E-state index is 13.5. The summed E-state index contributed by atoms with van der Waals surface area (Å²) >= 11 is 3.50. The van der Waals surface area contributed by atoms with E-state index in [-0.39, 0.29) is 5.75 Å². The Hall–Kier alpha value is -1.59. The molecule has 2 aromatic carbocycles. The Balaban J connectivity index is 2.05. The monoisotopic (exact) mass is 351 g/mol. The van der Waals surface area contributed by atoms with Gasteiger partial charge in [-0.2, -0.15) is 0 Å². The molecule has 3 rings (SSSR count). The maximum absolute atomic E-state index is 13.5. The fourth-order valence-corrected chi connectivity index (χ4v) is 3.10. The largest absolute Gasteiger partial charge is 0.494 e. The van der Waals surface area contributed by atoms with Crippen molar-refractivity contribution in [3.8, 4) is 11.5 Å². The van der Waals surface area contributed by atoms with Crippen LogP contribution in [0.25, 0.3) is 0 Å². The number of benzene rings is 2. The molecule has 0 radical (unpaired) electrons. The topological polar surface area (TPSA) is 44.5 Å². The van der Waals surface area contributed by atoms with E-state index in [4.69, 9.17) is 15.2 Å². The van der Waals surface area contributed by atoms with Crippen LogP contribution in [0.15, 0.2) is 34.8 Å². The lowest BCUT2D eigenvalue weighted by Crippen LogP contribution is -2.13. The van der Waals surface area contributed by atoms with Gasteiger partial charge >= 0.3 is 0 Å². The van der Waals surface area contributed by atoms with E-state index in [1.807, 2.05) is 12.1 Å². The van der Waals surface area contributed by atoms with Crippen LogP contribution in [0.4, 0.5) is 4.39 Å². The van der Waals surface area contributed by atoms with E-state index in [0.29, 0.717) is 6.61 Å². The third-order valence-electron chi connectivity index (χ3n) is 3.65. The van der Waals surface area contributed by atoms with E-state index in [9.17, 15) is 4.39 Å². The quantitative estimate of drug-likeness (QED) is 0.918. The van der Waals surface area contributed by atoms with Crippen molar-refractivity contribution in [2.75, 3.05) is 13.7 Å². The van der Waals surface area contributed by atoms with Gasteiger partial charge in [-0.05, 0) is 35.4 Å². The molecule has 5 heteroatoms. The molecule has 1 heterocycles. The molecule has 0 amide bonds. The first-order valence-electron chi connectivity index (χ1n) is 6.64.